The molecule has 8 rings (SSSR count). The fourth-order valence-electron chi connectivity index (χ4n) is 8.65. The number of halogens is 2. The molecule has 55 heavy (non-hydrogen) atoms. The summed E-state index contributed by atoms with van der Waals surface area (Å²) in [5.41, 5.74) is 4.32. The van der Waals surface area contributed by atoms with E-state index in [2.05, 4.69) is 15.1 Å². The number of nitrogens with zero attached hydrogens (tertiary/aromatic N) is 5. The van der Waals surface area contributed by atoms with Crippen LogP contribution in [0.2, 0.25) is 5.02 Å². The first-order chi connectivity index (χ1) is 26.6. The summed E-state index contributed by atoms with van der Waals surface area (Å²) < 4.78 is 21.4. The third kappa shape index (κ3) is 7.28. The van der Waals surface area contributed by atoms with E-state index in [1.807, 2.05) is 18.2 Å². The van der Waals surface area contributed by atoms with Crippen molar-refractivity contribution >= 4 is 46.8 Å². The highest BCUT2D eigenvalue weighted by Crippen LogP contribution is 2.35. The van der Waals surface area contributed by atoms with Gasteiger partial charge in [-0.3, -0.25) is 39.1 Å². The lowest BCUT2D eigenvalue weighted by Gasteiger charge is -2.35. The summed E-state index contributed by atoms with van der Waals surface area (Å²) in [6.45, 7) is 3.93. The Bertz CT molecular complexity index is 2060. The smallest absolute Gasteiger partial charge is 0.281 e. The molecule has 0 aromatic heterocycles. The number of carbonyl (C=O) groups excluding carboxylic acids is 5. The molecule has 12 nitrogen and oxygen atoms in total. The minimum Gasteiger partial charge on any atom is -0.490 e. The third-order valence-corrected chi connectivity index (χ3v) is 12.0. The van der Waals surface area contributed by atoms with Crippen LogP contribution >= 0.6 is 11.6 Å². The molecule has 1 N–H and O–H groups in total. The van der Waals surface area contributed by atoms with Crippen LogP contribution in [0, 0.1) is 17.2 Å². The maximum Gasteiger partial charge on any atom is 0.281 e. The lowest BCUT2D eigenvalue weighted by molar-refractivity contribution is -0.136. The van der Waals surface area contributed by atoms with E-state index in [1.165, 1.54) is 0 Å². The molecule has 284 valence electrons. The fraction of sp³-hybridized carbons (Fsp3) is 0.415. The second-order valence-corrected chi connectivity index (χ2v) is 15.6. The Morgan fingerprint density at radius 3 is 2.15 bits per heavy atom. The Kier molecular flexibility index (Phi) is 10.0. The molecule has 5 amide bonds. The largest absolute Gasteiger partial charge is 0.490 e. The highest BCUT2D eigenvalue weighted by Gasteiger charge is 2.45. The Morgan fingerprint density at radius 1 is 0.891 bits per heavy atom. The summed E-state index contributed by atoms with van der Waals surface area (Å²) in [5, 5.41) is 12.0. The summed E-state index contributed by atoms with van der Waals surface area (Å²) in [5.74, 6) is -1.60. The average Bonchev–Trinajstić information content (AvgIpc) is 3.69. The van der Waals surface area contributed by atoms with Crippen molar-refractivity contribution in [2.24, 2.45) is 5.92 Å². The number of amides is 5. The van der Waals surface area contributed by atoms with Gasteiger partial charge < -0.3 is 9.64 Å². The van der Waals surface area contributed by atoms with Crippen LogP contribution in [0.5, 0.6) is 5.75 Å². The van der Waals surface area contributed by atoms with Crippen molar-refractivity contribution < 1.29 is 33.2 Å². The van der Waals surface area contributed by atoms with Gasteiger partial charge >= 0.3 is 0 Å². The lowest BCUT2D eigenvalue weighted by atomic mass is 9.92. The van der Waals surface area contributed by atoms with Gasteiger partial charge in [-0.15, -0.1) is 0 Å². The number of imide groups is 2. The molecule has 1 saturated carbocycles. The van der Waals surface area contributed by atoms with Gasteiger partial charge in [0, 0.05) is 56.5 Å². The van der Waals surface area contributed by atoms with Gasteiger partial charge in [-0.25, -0.2) is 0 Å². The van der Waals surface area contributed by atoms with E-state index >= 15 is 4.48 Å². The second-order valence-electron chi connectivity index (χ2n) is 15.2. The number of piperidine rings is 2. The third-order valence-electron chi connectivity index (χ3n) is 11.7. The van der Waals surface area contributed by atoms with Gasteiger partial charge in [0.05, 0.1) is 33.9 Å². The van der Waals surface area contributed by atoms with Crippen molar-refractivity contribution in [3.05, 3.63) is 93.0 Å². The van der Waals surface area contributed by atoms with E-state index in [4.69, 9.17) is 21.6 Å². The van der Waals surface area contributed by atoms with Crippen molar-refractivity contribution in [2.75, 3.05) is 24.5 Å². The quantitative estimate of drug-likeness (QED) is 0.230. The zero-order valence-electron chi connectivity index (χ0n) is 30.1. The fourth-order valence-corrected chi connectivity index (χ4v) is 8.87. The van der Waals surface area contributed by atoms with E-state index in [-0.39, 0.29) is 18.9 Å². The van der Waals surface area contributed by atoms with Crippen LogP contribution in [-0.4, -0.2) is 82.3 Å². The SMILES string of the molecule is N#Cc1ccc(O[C@H]2CC[C@H](N(F)C(=O)c3ccc(N4CCC(CN5Cc6cc7c(cc6C5)C(=O)N([C@@H]5CCC(=O)NC5=O)C7=O)CC4)cc3)CC2)cc1Cl. The minimum atomic E-state index is -0.977. The molecule has 0 spiro atoms. The number of ether oxygens (including phenoxy) is 1. The Hall–Kier alpha value is -5.32. The van der Waals surface area contributed by atoms with Crippen molar-refractivity contribution in [3.63, 3.8) is 0 Å². The van der Waals surface area contributed by atoms with Crippen LogP contribution in [-0.2, 0) is 22.7 Å². The molecule has 3 fully saturated rings. The van der Waals surface area contributed by atoms with Crippen LogP contribution in [0.25, 0.3) is 0 Å². The molecule has 3 aromatic carbocycles. The van der Waals surface area contributed by atoms with E-state index in [9.17, 15) is 24.0 Å². The molecule has 0 unspecified atom stereocenters. The number of hydrogen-bond acceptors (Lipinski definition) is 9. The van der Waals surface area contributed by atoms with Gasteiger partial charge in [0.2, 0.25) is 11.8 Å². The first-order valence-corrected chi connectivity index (χ1v) is 19.2. The van der Waals surface area contributed by atoms with Crippen molar-refractivity contribution in [2.45, 2.75) is 82.6 Å². The lowest BCUT2D eigenvalue weighted by Crippen LogP contribution is -2.54. The molecule has 3 aromatic rings. The number of rotatable bonds is 8. The number of anilines is 1. The van der Waals surface area contributed by atoms with Gasteiger partial charge in [0.15, 0.2) is 0 Å². The second kappa shape index (κ2) is 15.1. The maximum atomic E-state index is 15.3. The van der Waals surface area contributed by atoms with E-state index in [0.29, 0.717) is 82.8 Å². The molecular weight excluding hydrogens is 727 g/mol. The number of carbonyl (C=O) groups is 5. The monoisotopic (exact) mass is 766 g/mol. The zero-order chi connectivity index (χ0) is 38.4. The Labute approximate surface area is 322 Å². The van der Waals surface area contributed by atoms with Crippen LogP contribution < -0.4 is 15.0 Å². The first kappa shape index (κ1) is 36.6. The number of fused-ring (bicyclic) bond motifs is 2. The number of hydrogen-bond donors (Lipinski definition) is 1. The molecule has 1 atom stereocenters. The van der Waals surface area contributed by atoms with Gasteiger partial charge in [0.25, 0.3) is 17.7 Å². The highest BCUT2D eigenvalue weighted by atomic mass is 35.5. The van der Waals surface area contributed by atoms with Crippen LogP contribution in [0.15, 0.2) is 54.6 Å². The van der Waals surface area contributed by atoms with Crippen molar-refractivity contribution in [3.8, 4) is 11.8 Å². The molecule has 0 radical (unpaired) electrons. The van der Waals surface area contributed by atoms with E-state index in [1.54, 1.807) is 42.5 Å². The average molecular weight is 767 g/mol. The number of nitriles is 1. The predicted molar refractivity (Wildman–Crippen MR) is 199 cm³/mol. The number of nitrogens with one attached hydrogen (secondary N) is 1. The molecule has 4 heterocycles. The molecule has 1 aliphatic carbocycles. The van der Waals surface area contributed by atoms with Gasteiger partial charge in [0.1, 0.15) is 17.9 Å². The maximum absolute atomic E-state index is 15.3. The van der Waals surface area contributed by atoms with Gasteiger partial charge in [-0.1, -0.05) is 16.1 Å². The summed E-state index contributed by atoms with van der Waals surface area (Å²) in [6, 6.07) is 16.2. The van der Waals surface area contributed by atoms with Gasteiger partial charge in [-0.05, 0) is 111 Å². The van der Waals surface area contributed by atoms with Crippen LogP contribution in [0.3, 0.4) is 0 Å². The van der Waals surface area contributed by atoms with E-state index in [0.717, 1.165) is 54.2 Å². The van der Waals surface area contributed by atoms with Gasteiger partial charge in [-0.2, -0.15) is 10.4 Å². The summed E-state index contributed by atoms with van der Waals surface area (Å²) in [6.07, 6.45) is 4.17. The first-order valence-electron chi connectivity index (χ1n) is 18.9. The van der Waals surface area contributed by atoms with Crippen molar-refractivity contribution in [1.29, 1.82) is 5.26 Å². The normalized spacial score (nSPS) is 23.0. The zero-order valence-corrected chi connectivity index (χ0v) is 30.9. The molecule has 2 saturated heterocycles. The number of benzene rings is 3. The molecule has 14 heteroatoms. The summed E-state index contributed by atoms with van der Waals surface area (Å²) >= 11 is 6.12. The standard InChI is InChI=1S/C41H40ClFN6O6/c42-35-19-32(8-3-26(35)20-44)55-31-9-6-30(7-10-31)49(43)39(52)25-1-4-29(5-2-25)47-15-13-24(14-16-47)21-46-22-27-17-33-34(18-28(27)23-46)41(54)48(40(33)53)36-11-12-37(50)45-38(36)51/h1-5,8,17-19,24,30-31,36H,6-7,9-16,21-23H2,(H,45,50,51)/t30-,31-,36-/m1/s1. The molecule has 5 aliphatic rings. The molecular formula is C41H40ClFN6O6. The minimum absolute atomic E-state index is 0.0849. The Morgan fingerprint density at radius 2 is 1.55 bits per heavy atom. The molecule has 0 bridgehead atoms. The topological polar surface area (TPSA) is 143 Å². The summed E-state index contributed by atoms with van der Waals surface area (Å²) in [7, 11) is 0. The van der Waals surface area contributed by atoms with Crippen LogP contribution in [0.4, 0.5) is 10.2 Å². The van der Waals surface area contributed by atoms with Crippen LogP contribution in [0.1, 0.15) is 99.1 Å². The van der Waals surface area contributed by atoms with Crippen molar-refractivity contribution in [1.82, 2.24) is 20.2 Å². The predicted octanol–water partition coefficient (Wildman–Crippen LogP) is 5.56. The Balaban J connectivity index is 0.792. The van der Waals surface area contributed by atoms with E-state index < -0.39 is 41.6 Å². The summed E-state index contributed by atoms with van der Waals surface area (Å²) in [4.78, 5) is 69.3. The highest BCUT2D eigenvalue weighted by molar-refractivity contribution is 6.31. The molecule has 4 aliphatic heterocycles.